The van der Waals surface area contributed by atoms with E-state index in [0.717, 1.165) is 24.5 Å². The fraction of sp³-hybridized carbons (Fsp3) is 0.375. The summed E-state index contributed by atoms with van der Waals surface area (Å²) >= 11 is 6.04. The molecule has 1 aromatic heterocycles. The number of benzene rings is 1. The molecule has 2 aromatic rings. The average molecular weight is 306 g/mol. The average Bonchev–Trinajstić information content (AvgIpc) is 2.46. The van der Waals surface area contributed by atoms with Crippen molar-refractivity contribution >= 4 is 17.4 Å². The van der Waals surface area contributed by atoms with Crippen LogP contribution in [0.2, 0.25) is 5.15 Å². The van der Waals surface area contributed by atoms with Crippen LogP contribution in [0.4, 0.5) is 5.82 Å². The molecule has 1 N–H and O–H groups in total. The lowest BCUT2D eigenvalue weighted by molar-refractivity contribution is 0.184. The van der Waals surface area contributed by atoms with Crippen molar-refractivity contribution in [3.8, 4) is 0 Å². The Labute approximate surface area is 130 Å². The largest absolute Gasteiger partial charge is 0.380 e. The molecule has 112 valence electrons. The molecule has 0 saturated carbocycles. The summed E-state index contributed by atoms with van der Waals surface area (Å²) in [5, 5.41) is 3.78. The van der Waals surface area contributed by atoms with Crippen LogP contribution >= 0.6 is 11.6 Å². The molecule has 0 fully saturated rings. The highest BCUT2D eigenvalue weighted by Gasteiger charge is 2.05. The topological polar surface area (TPSA) is 47.0 Å². The number of ether oxygens (including phenoxy) is 1. The smallest absolute Gasteiger partial charge is 0.134 e. The van der Waals surface area contributed by atoms with Gasteiger partial charge in [-0.25, -0.2) is 9.97 Å². The van der Waals surface area contributed by atoms with Crippen LogP contribution in [0.15, 0.2) is 30.3 Å². The predicted octanol–water partition coefficient (Wildman–Crippen LogP) is 3.84. The van der Waals surface area contributed by atoms with Crippen LogP contribution < -0.4 is 5.32 Å². The highest BCUT2D eigenvalue weighted by Crippen LogP contribution is 2.15. The number of methoxy groups -OCH3 is 1. The minimum atomic E-state index is 0.473. The maximum atomic E-state index is 6.04. The summed E-state index contributed by atoms with van der Waals surface area (Å²) in [6, 6.07) is 9.93. The van der Waals surface area contributed by atoms with E-state index in [9.17, 15) is 0 Å². The van der Waals surface area contributed by atoms with E-state index in [0.29, 0.717) is 18.3 Å². The van der Waals surface area contributed by atoms with Gasteiger partial charge in [-0.3, -0.25) is 0 Å². The van der Waals surface area contributed by atoms with Crippen LogP contribution in [0, 0.1) is 0 Å². The number of nitrogens with one attached hydrogen (secondary N) is 1. The molecule has 1 heterocycles. The molecular weight excluding hydrogens is 286 g/mol. The summed E-state index contributed by atoms with van der Waals surface area (Å²) in [5.41, 5.74) is 2.35. The molecule has 4 nitrogen and oxygen atoms in total. The minimum Gasteiger partial charge on any atom is -0.380 e. The van der Waals surface area contributed by atoms with E-state index in [1.807, 2.05) is 12.1 Å². The lowest BCUT2D eigenvalue weighted by Crippen LogP contribution is -2.07. The van der Waals surface area contributed by atoms with E-state index in [2.05, 4.69) is 34.3 Å². The van der Waals surface area contributed by atoms with E-state index < -0.39 is 0 Å². The molecule has 0 amide bonds. The Bertz CT molecular complexity index is 589. The first-order valence-electron chi connectivity index (χ1n) is 7.06. The van der Waals surface area contributed by atoms with Gasteiger partial charge < -0.3 is 10.1 Å². The molecule has 0 atom stereocenters. The van der Waals surface area contributed by atoms with E-state index in [4.69, 9.17) is 16.3 Å². The van der Waals surface area contributed by atoms with E-state index in [-0.39, 0.29) is 0 Å². The van der Waals surface area contributed by atoms with Gasteiger partial charge in [-0.1, -0.05) is 42.8 Å². The molecule has 1 aromatic carbocycles. The third-order valence-corrected chi connectivity index (χ3v) is 3.29. The minimum absolute atomic E-state index is 0.473. The summed E-state index contributed by atoms with van der Waals surface area (Å²) in [7, 11) is 1.70. The molecule has 0 bridgehead atoms. The molecule has 2 rings (SSSR count). The van der Waals surface area contributed by atoms with Crippen LogP contribution in [0.1, 0.15) is 30.3 Å². The Morgan fingerprint density at radius 3 is 2.67 bits per heavy atom. The second-order valence-electron chi connectivity index (χ2n) is 4.80. The van der Waals surface area contributed by atoms with Gasteiger partial charge in [0.15, 0.2) is 0 Å². The Hall–Kier alpha value is -1.65. The number of hydrogen-bond donors (Lipinski definition) is 1. The second kappa shape index (κ2) is 7.96. The first-order valence-corrected chi connectivity index (χ1v) is 7.43. The van der Waals surface area contributed by atoms with Crippen LogP contribution in [0.5, 0.6) is 0 Å². The lowest BCUT2D eigenvalue weighted by Gasteiger charge is -2.11. The maximum absolute atomic E-state index is 6.04. The number of aromatic nitrogens is 2. The third kappa shape index (κ3) is 4.69. The molecule has 21 heavy (non-hydrogen) atoms. The number of rotatable bonds is 7. The SMILES string of the molecule is CCCc1nc(Cl)cc(NCc2ccccc2COC)n1. The molecule has 0 aliphatic carbocycles. The van der Waals surface area contributed by atoms with Gasteiger partial charge >= 0.3 is 0 Å². The Morgan fingerprint density at radius 1 is 1.19 bits per heavy atom. The summed E-state index contributed by atoms with van der Waals surface area (Å²) in [5.74, 6) is 1.53. The highest BCUT2D eigenvalue weighted by molar-refractivity contribution is 6.29. The van der Waals surface area contributed by atoms with Gasteiger partial charge in [0.1, 0.15) is 16.8 Å². The van der Waals surface area contributed by atoms with E-state index in [1.165, 1.54) is 11.1 Å². The van der Waals surface area contributed by atoms with Gasteiger partial charge in [0, 0.05) is 26.1 Å². The zero-order valence-corrected chi connectivity index (χ0v) is 13.2. The van der Waals surface area contributed by atoms with Gasteiger partial charge in [-0.15, -0.1) is 0 Å². The van der Waals surface area contributed by atoms with Crippen LogP contribution in [-0.2, 0) is 24.3 Å². The van der Waals surface area contributed by atoms with Crippen molar-refractivity contribution in [3.05, 3.63) is 52.4 Å². The van der Waals surface area contributed by atoms with Crippen molar-refractivity contribution in [3.63, 3.8) is 0 Å². The number of nitrogens with zero attached hydrogens (tertiary/aromatic N) is 2. The Morgan fingerprint density at radius 2 is 1.95 bits per heavy atom. The normalized spacial score (nSPS) is 10.6. The maximum Gasteiger partial charge on any atom is 0.134 e. The third-order valence-electron chi connectivity index (χ3n) is 3.09. The van der Waals surface area contributed by atoms with Gasteiger partial charge in [0.25, 0.3) is 0 Å². The van der Waals surface area contributed by atoms with Gasteiger partial charge in [0.2, 0.25) is 0 Å². The number of anilines is 1. The molecule has 0 unspecified atom stereocenters. The predicted molar refractivity (Wildman–Crippen MR) is 85.5 cm³/mol. The van der Waals surface area contributed by atoms with Crippen molar-refractivity contribution in [2.24, 2.45) is 0 Å². The summed E-state index contributed by atoms with van der Waals surface area (Å²) in [6.45, 7) is 3.38. The van der Waals surface area contributed by atoms with E-state index >= 15 is 0 Å². The summed E-state index contributed by atoms with van der Waals surface area (Å²) in [4.78, 5) is 8.70. The van der Waals surface area contributed by atoms with Crippen LogP contribution in [0.25, 0.3) is 0 Å². The van der Waals surface area contributed by atoms with Crippen molar-refractivity contribution in [1.29, 1.82) is 0 Å². The molecule has 0 aliphatic rings. The van der Waals surface area contributed by atoms with E-state index in [1.54, 1.807) is 13.2 Å². The second-order valence-corrected chi connectivity index (χ2v) is 5.18. The zero-order valence-electron chi connectivity index (χ0n) is 12.4. The number of hydrogen-bond acceptors (Lipinski definition) is 4. The lowest BCUT2D eigenvalue weighted by atomic mass is 10.1. The molecule has 0 spiro atoms. The van der Waals surface area contributed by atoms with Crippen molar-refractivity contribution in [1.82, 2.24) is 9.97 Å². The standard InChI is InChI=1S/C16H20ClN3O/c1-3-6-15-19-14(17)9-16(20-15)18-10-12-7-4-5-8-13(12)11-21-2/h4-5,7-9H,3,6,10-11H2,1-2H3,(H,18,19,20). The Kier molecular flexibility index (Phi) is 5.96. The fourth-order valence-corrected chi connectivity index (χ4v) is 2.30. The summed E-state index contributed by atoms with van der Waals surface area (Å²) < 4.78 is 5.22. The van der Waals surface area contributed by atoms with Gasteiger partial charge in [-0.05, 0) is 17.5 Å². The first kappa shape index (κ1) is 15.7. The quantitative estimate of drug-likeness (QED) is 0.790. The highest BCUT2D eigenvalue weighted by atomic mass is 35.5. The molecular formula is C16H20ClN3O. The van der Waals surface area contributed by atoms with Crippen molar-refractivity contribution in [2.75, 3.05) is 12.4 Å². The Balaban J connectivity index is 2.09. The van der Waals surface area contributed by atoms with Crippen LogP contribution in [0.3, 0.4) is 0 Å². The zero-order chi connectivity index (χ0) is 15.1. The van der Waals surface area contributed by atoms with Crippen molar-refractivity contribution in [2.45, 2.75) is 32.9 Å². The van der Waals surface area contributed by atoms with Crippen LogP contribution in [-0.4, -0.2) is 17.1 Å². The molecule has 5 heteroatoms. The molecule has 0 saturated heterocycles. The van der Waals surface area contributed by atoms with Crippen molar-refractivity contribution < 1.29 is 4.74 Å². The number of aryl methyl sites for hydroxylation is 1. The summed E-state index contributed by atoms with van der Waals surface area (Å²) in [6.07, 6.45) is 1.83. The number of halogens is 1. The first-order chi connectivity index (χ1) is 10.2. The molecule has 0 aliphatic heterocycles. The van der Waals surface area contributed by atoms with Gasteiger partial charge in [-0.2, -0.15) is 0 Å². The molecule has 0 radical (unpaired) electrons. The van der Waals surface area contributed by atoms with Gasteiger partial charge in [0.05, 0.1) is 6.61 Å². The monoisotopic (exact) mass is 305 g/mol. The fourth-order valence-electron chi connectivity index (χ4n) is 2.10.